The maximum Gasteiger partial charge on any atom is 0.267 e. The molecule has 3 rings (SSSR count). The number of ether oxygens (including phenoxy) is 2. The van der Waals surface area contributed by atoms with Gasteiger partial charge in [-0.15, -0.1) is 0 Å². The Balaban J connectivity index is 0.000000233. The van der Waals surface area contributed by atoms with Gasteiger partial charge < -0.3 is 25.6 Å². The first-order valence-corrected chi connectivity index (χ1v) is 9.71. The number of hydrogen-bond acceptors (Lipinski definition) is 6. The Morgan fingerprint density at radius 1 is 1.32 bits per heavy atom. The predicted octanol–water partition coefficient (Wildman–Crippen LogP) is 2.41. The number of nitrogens with two attached hydrogens (primary N) is 1. The first-order valence-electron chi connectivity index (χ1n) is 9.71. The molecular formula is C21H25F2N3O5. The molecule has 10 heteroatoms. The average molecular weight is 437 g/mol. The molecular weight excluding hydrogens is 412 g/mol. The Labute approximate surface area is 178 Å². The van der Waals surface area contributed by atoms with E-state index < -0.39 is 23.6 Å². The highest BCUT2D eigenvalue weighted by Crippen LogP contribution is 2.21. The molecule has 31 heavy (non-hydrogen) atoms. The summed E-state index contributed by atoms with van der Waals surface area (Å²) in [4.78, 5) is 26.6. The van der Waals surface area contributed by atoms with Crippen LogP contribution in [0.3, 0.4) is 0 Å². The number of primary amides is 1. The number of anilines is 1. The van der Waals surface area contributed by atoms with Gasteiger partial charge in [0.25, 0.3) is 11.8 Å². The molecule has 1 aromatic heterocycles. The Hall–Kier alpha value is -3.11. The van der Waals surface area contributed by atoms with Crippen molar-refractivity contribution in [1.29, 1.82) is 0 Å². The Kier molecular flexibility index (Phi) is 9.29. The van der Waals surface area contributed by atoms with Crippen LogP contribution in [0.25, 0.3) is 0 Å². The number of amides is 2. The zero-order valence-corrected chi connectivity index (χ0v) is 17.0. The van der Waals surface area contributed by atoms with Gasteiger partial charge in [-0.25, -0.2) is 4.39 Å². The summed E-state index contributed by atoms with van der Waals surface area (Å²) in [6, 6.07) is 6.78. The lowest BCUT2D eigenvalue weighted by molar-refractivity contribution is -0.126. The van der Waals surface area contributed by atoms with E-state index in [1.807, 2.05) is 6.92 Å². The van der Waals surface area contributed by atoms with Gasteiger partial charge in [-0.05, 0) is 44.0 Å². The number of carbonyl (C=O) groups is 2. The third-order valence-corrected chi connectivity index (χ3v) is 4.28. The number of nitrogens with zero attached hydrogens (tertiary/aromatic N) is 1. The highest BCUT2D eigenvalue weighted by molar-refractivity contribution is 5.96. The lowest BCUT2D eigenvalue weighted by Crippen LogP contribution is -2.28. The molecule has 168 valence electrons. The zero-order valence-electron chi connectivity index (χ0n) is 17.0. The van der Waals surface area contributed by atoms with Crippen molar-refractivity contribution in [3.05, 3.63) is 53.9 Å². The molecule has 1 fully saturated rings. The summed E-state index contributed by atoms with van der Waals surface area (Å²) < 4.78 is 35.8. The van der Waals surface area contributed by atoms with E-state index in [4.69, 9.17) is 20.3 Å². The number of aromatic nitrogens is 1. The van der Waals surface area contributed by atoms with Crippen LogP contribution in [0, 0.1) is 11.6 Å². The maximum absolute atomic E-state index is 12.9. The van der Waals surface area contributed by atoms with E-state index in [0.717, 1.165) is 12.5 Å². The first kappa shape index (κ1) is 24.2. The number of halogens is 2. The Morgan fingerprint density at radius 3 is 2.74 bits per heavy atom. The van der Waals surface area contributed by atoms with Crippen molar-refractivity contribution in [3.8, 4) is 5.75 Å². The smallest absolute Gasteiger partial charge is 0.267 e. The number of pyridine rings is 1. The van der Waals surface area contributed by atoms with E-state index in [9.17, 15) is 18.4 Å². The number of rotatable bonds is 7. The number of benzene rings is 1. The molecule has 8 nitrogen and oxygen atoms in total. The molecule has 2 atom stereocenters. The second kappa shape index (κ2) is 11.9. The summed E-state index contributed by atoms with van der Waals surface area (Å²) in [5, 5.41) is 11.1. The molecule has 1 aromatic carbocycles. The van der Waals surface area contributed by atoms with Gasteiger partial charge >= 0.3 is 0 Å². The standard InChI is InChI=1S/C12H15N3O3.C9H10F2O2/c1-7-2-3-10(18-7)12(17)15-8-4-5-14-9(6-8)11(13)16;10-7-3-1-4-8(9(7)11)13-6-2-5-12/h4-7,10H,2-3H2,1H3,(H2,13,16)(H,14,15,17);1,3-4,12H,2,5-6H2. The number of nitrogens with one attached hydrogen (secondary N) is 1. The summed E-state index contributed by atoms with van der Waals surface area (Å²) in [5.74, 6) is -2.87. The van der Waals surface area contributed by atoms with Crippen LogP contribution in [0.2, 0.25) is 0 Å². The van der Waals surface area contributed by atoms with Crippen molar-refractivity contribution in [2.45, 2.75) is 38.4 Å². The van der Waals surface area contributed by atoms with Crippen molar-refractivity contribution < 1.29 is 33.0 Å². The van der Waals surface area contributed by atoms with Crippen molar-refractivity contribution in [2.24, 2.45) is 5.73 Å². The highest BCUT2D eigenvalue weighted by Gasteiger charge is 2.28. The van der Waals surface area contributed by atoms with E-state index in [1.165, 1.54) is 24.4 Å². The number of carbonyl (C=O) groups excluding carboxylic acids is 2. The minimum absolute atomic E-state index is 0.0308. The molecule has 0 spiro atoms. The molecule has 1 aliphatic rings. The lowest BCUT2D eigenvalue weighted by atomic mass is 10.2. The maximum atomic E-state index is 12.9. The quantitative estimate of drug-likeness (QED) is 0.572. The van der Waals surface area contributed by atoms with Crippen LogP contribution in [-0.2, 0) is 9.53 Å². The molecule has 4 N–H and O–H groups in total. The first-order chi connectivity index (χ1) is 14.8. The SMILES string of the molecule is CC1CCC(C(=O)Nc2ccnc(C(N)=O)c2)O1.OCCCOc1cccc(F)c1F. The summed E-state index contributed by atoms with van der Waals surface area (Å²) in [6.45, 7) is 2.08. The van der Waals surface area contributed by atoms with Crippen molar-refractivity contribution >= 4 is 17.5 Å². The van der Waals surface area contributed by atoms with Crippen LogP contribution in [0.4, 0.5) is 14.5 Å². The van der Waals surface area contributed by atoms with Gasteiger partial charge in [-0.3, -0.25) is 14.6 Å². The normalized spacial score (nSPS) is 17.4. The van der Waals surface area contributed by atoms with Gasteiger partial charge in [-0.1, -0.05) is 6.07 Å². The fourth-order valence-electron chi connectivity index (χ4n) is 2.70. The Bertz CT molecular complexity index is 897. The zero-order chi connectivity index (χ0) is 22.8. The largest absolute Gasteiger partial charge is 0.490 e. The van der Waals surface area contributed by atoms with Gasteiger partial charge in [0.2, 0.25) is 5.82 Å². The topological polar surface area (TPSA) is 124 Å². The van der Waals surface area contributed by atoms with Crippen molar-refractivity contribution in [2.75, 3.05) is 18.5 Å². The molecule has 0 bridgehead atoms. The number of aliphatic hydroxyl groups excluding tert-OH is 1. The van der Waals surface area contributed by atoms with Crippen LogP contribution in [-0.4, -0.2) is 47.3 Å². The number of hydrogen-bond donors (Lipinski definition) is 3. The van der Waals surface area contributed by atoms with Gasteiger partial charge in [0.15, 0.2) is 11.6 Å². The highest BCUT2D eigenvalue weighted by atomic mass is 19.2. The molecule has 1 aliphatic heterocycles. The van der Waals surface area contributed by atoms with E-state index in [0.29, 0.717) is 18.5 Å². The molecule has 2 aromatic rings. The second-order valence-corrected chi connectivity index (χ2v) is 6.77. The summed E-state index contributed by atoms with van der Waals surface area (Å²) in [5.41, 5.74) is 5.73. The molecule has 0 saturated carbocycles. The van der Waals surface area contributed by atoms with Gasteiger partial charge in [0.05, 0.1) is 12.7 Å². The van der Waals surface area contributed by atoms with Crippen molar-refractivity contribution in [3.63, 3.8) is 0 Å². The van der Waals surface area contributed by atoms with Crippen LogP contribution in [0.5, 0.6) is 5.75 Å². The number of aliphatic hydroxyl groups is 1. The molecule has 2 unspecified atom stereocenters. The molecule has 2 heterocycles. The van der Waals surface area contributed by atoms with Crippen LogP contribution < -0.4 is 15.8 Å². The third kappa shape index (κ3) is 7.58. The van der Waals surface area contributed by atoms with Gasteiger partial charge in [-0.2, -0.15) is 4.39 Å². The minimum atomic E-state index is -0.986. The van der Waals surface area contributed by atoms with Crippen molar-refractivity contribution in [1.82, 2.24) is 4.98 Å². The predicted molar refractivity (Wildman–Crippen MR) is 109 cm³/mol. The second-order valence-electron chi connectivity index (χ2n) is 6.77. The molecule has 0 radical (unpaired) electrons. The van der Waals surface area contributed by atoms with Crippen LogP contribution >= 0.6 is 0 Å². The van der Waals surface area contributed by atoms with Crippen LogP contribution in [0.1, 0.15) is 36.7 Å². The molecule has 2 amide bonds. The molecule has 1 saturated heterocycles. The van der Waals surface area contributed by atoms with Gasteiger partial charge in [0.1, 0.15) is 11.8 Å². The summed E-state index contributed by atoms with van der Waals surface area (Å²) in [6.07, 6.45) is 3.09. The van der Waals surface area contributed by atoms with E-state index >= 15 is 0 Å². The summed E-state index contributed by atoms with van der Waals surface area (Å²) in [7, 11) is 0. The van der Waals surface area contributed by atoms with E-state index in [-0.39, 0.29) is 36.7 Å². The fraction of sp³-hybridized carbons (Fsp3) is 0.381. The average Bonchev–Trinajstić information content (AvgIpc) is 3.18. The third-order valence-electron chi connectivity index (χ3n) is 4.28. The van der Waals surface area contributed by atoms with Gasteiger partial charge in [0, 0.05) is 24.9 Å². The molecule has 0 aliphatic carbocycles. The minimum Gasteiger partial charge on any atom is -0.490 e. The van der Waals surface area contributed by atoms with Crippen LogP contribution in [0.15, 0.2) is 36.5 Å². The van der Waals surface area contributed by atoms with E-state index in [1.54, 1.807) is 6.07 Å². The fourth-order valence-corrected chi connectivity index (χ4v) is 2.70. The Morgan fingerprint density at radius 2 is 2.10 bits per heavy atom. The monoisotopic (exact) mass is 437 g/mol. The van der Waals surface area contributed by atoms with E-state index in [2.05, 4.69) is 10.3 Å². The summed E-state index contributed by atoms with van der Waals surface area (Å²) >= 11 is 0. The lowest BCUT2D eigenvalue weighted by Gasteiger charge is -2.11.